The Morgan fingerprint density at radius 2 is 2.18 bits per heavy atom. The van der Waals surface area contributed by atoms with Crippen molar-refractivity contribution in [2.24, 2.45) is 17.3 Å². The van der Waals surface area contributed by atoms with E-state index in [1.807, 2.05) is 0 Å². The minimum Gasteiger partial charge on any atom is -0.303 e. The van der Waals surface area contributed by atoms with Crippen LogP contribution in [0.5, 0.6) is 0 Å². The highest BCUT2D eigenvalue weighted by atomic mass is 16.1. The van der Waals surface area contributed by atoms with Gasteiger partial charge in [-0.3, -0.25) is 0 Å². The van der Waals surface area contributed by atoms with Gasteiger partial charge in [-0.1, -0.05) is 32.9 Å². The predicted octanol–water partition coefficient (Wildman–Crippen LogP) is 2.42. The van der Waals surface area contributed by atoms with Crippen LogP contribution in [-0.4, -0.2) is 6.29 Å². The number of hydrogen-bond acceptors (Lipinski definition) is 1. The molecule has 0 amide bonds. The Kier molecular flexibility index (Phi) is 1.91. The molecule has 0 spiro atoms. The molecule has 0 heterocycles. The summed E-state index contributed by atoms with van der Waals surface area (Å²) in [6.45, 7) is 10.4. The number of rotatable bonds is 1. The number of allylic oxidation sites excluding steroid dienone is 1. The van der Waals surface area contributed by atoms with E-state index < -0.39 is 0 Å². The Morgan fingerprint density at radius 1 is 1.64 bits per heavy atom. The van der Waals surface area contributed by atoms with E-state index in [1.165, 1.54) is 5.57 Å². The van der Waals surface area contributed by atoms with Crippen LogP contribution in [0.25, 0.3) is 0 Å². The highest BCUT2D eigenvalue weighted by molar-refractivity contribution is 5.57. The molecular formula is C10H16O. The van der Waals surface area contributed by atoms with Crippen molar-refractivity contribution in [3.8, 4) is 0 Å². The summed E-state index contributed by atoms with van der Waals surface area (Å²) < 4.78 is 0. The second kappa shape index (κ2) is 2.47. The van der Waals surface area contributed by atoms with Crippen LogP contribution in [-0.2, 0) is 4.79 Å². The fourth-order valence-corrected chi connectivity index (χ4v) is 1.79. The zero-order chi connectivity index (χ0) is 8.65. The van der Waals surface area contributed by atoms with E-state index >= 15 is 0 Å². The van der Waals surface area contributed by atoms with Crippen LogP contribution in [0.2, 0.25) is 0 Å². The van der Waals surface area contributed by atoms with Crippen molar-refractivity contribution in [2.45, 2.75) is 27.2 Å². The standard InChI is InChI=1S/C10H16O/c1-7-5-9(6-11)10(3,4)8(7)2/h6,8-9H,1,5H2,2-4H3. The number of carbonyl (C=O) groups excluding carboxylic acids is 1. The molecule has 1 rings (SSSR count). The third-order valence-corrected chi connectivity index (χ3v) is 3.33. The van der Waals surface area contributed by atoms with Gasteiger partial charge in [0.05, 0.1) is 0 Å². The topological polar surface area (TPSA) is 17.1 Å². The van der Waals surface area contributed by atoms with Crippen molar-refractivity contribution < 1.29 is 4.79 Å². The van der Waals surface area contributed by atoms with Gasteiger partial charge in [0.15, 0.2) is 0 Å². The lowest BCUT2D eigenvalue weighted by atomic mass is 9.77. The molecule has 0 aromatic heterocycles. The lowest BCUT2D eigenvalue weighted by molar-refractivity contribution is -0.113. The van der Waals surface area contributed by atoms with Crippen LogP contribution < -0.4 is 0 Å². The largest absolute Gasteiger partial charge is 0.303 e. The molecule has 1 aliphatic rings. The maximum absolute atomic E-state index is 10.7. The van der Waals surface area contributed by atoms with E-state index in [0.29, 0.717) is 5.92 Å². The van der Waals surface area contributed by atoms with Crippen molar-refractivity contribution in [2.75, 3.05) is 0 Å². The van der Waals surface area contributed by atoms with Gasteiger partial charge < -0.3 is 4.79 Å². The van der Waals surface area contributed by atoms with Gasteiger partial charge in [0, 0.05) is 5.92 Å². The molecule has 0 saturated heterocycles. The predicted molar refractivity (Wildman–Crippen MR) is 46.3 cm³/mol. The van der Waals surface area contributed by atoms with E-state index in [0.717, 1.165) is 12.7 Å². The number of carbonyl (C=O) groups is 1. The van der Waals surface area contributed by atoms with Crippen LogP contribution in [0.15, 0.2) is 12.2 Å². The normalized spacial score (nSPS) is 35.7. The first-order chi connectivity index (χ1) is 5.00. The van der Waals surface area contributed by atoms with Crippen LogP contribution in [0, 0.1) is 17.3 Å². The second-order valence-corrected chi connectivity index (χ2v) is 4.15. The molecule has 2 unspecified atom stereocenters. The Balaban J connectivity index is 2.90. The summed E-state index contributed by atoms with van der Waals surface area (Å²) in [4.78, 5) is 10.7. The Labute approximate surface area is 68.5 Å². The highest BCUT2D eigenvalue weighted by Gasteiger charge is 2.42. The molecule has 62 valence electrons. The summed E-state index contributed by atoms with van der Waals surface area (Å²) in [5.74, 6) is 0.669. The SMILES string of the molecule is C=C1CC(C=O)C(C)(C)C1C. The van der Waals surface area contributed by atoms with E-state index in [4.69, 9.17) is 0 Å². The Morgan fingerprint density at radius 3 is 2.36 bits per heavy atom. The molecule has 1 nitrogen and oxygen atoms in total. The minimum absolute atomic E-state index is 0.124. The summed E-state index contributed by atoms with van der Waals surface area (Å²) in [6.07, 6.45) is 1.96. The van der Waals surface area contributed by atoms with Crippen LogP contribution in [0.4, 0.5) is 0 Å². The van der Waals surface area contributed by atoms with Crippen molar-refractivity contribution in [3.63, 3.8) is 0 Å². The van der Waals surface area contributed by atoms with E-state index in [-0.39, 0.29) is 11.3 Å². The molecule has 1 heteroatoms. The van der Waals surface area contributed by atoms with E-state index in [1.54, 1.807) is 0 Å². The van der Waals surface area contributed by atoms with Crippen LogP contribution in [0.1, 0.15) is 27.2 Å². The van der Waals surface area contributed by atoms with Crippen molar-refractivity contribution in [1.82, 2.24) is 0 Å². The van der Waals surface area contributed by atoms with Gasteiger partial charge in [0.2, 0.25) is 0 Å². The van der Waals surface area contributed by atoms with Crippen LogP contribution >= 0.6 is 0 Å². The Bertz CT molecular complexity index is 191. The third kappa shape index (κ3) is 1.13. The molecule has 2 atom stereocenters. The molecular weight excluding hydrogens is 136 g/mol. The third-order valence-electron chi connectivity index (χ3n) is 3.33. The summed E-state index contributed by atoms with van der Waals surface area (Å²) in [5.41, 5.74) is 1.35. The molecule has 0 aliphatic heterocycles. The van der Waals surface area contributed by atoms with Gasteiger partial charge in [0.1, 0.15) is 6.29 Å². The highest BCUT2D eigenvalue weighted by Crippen LogP contribution is 2.48. The van der Waals surface area contributed by atoms with Crippen molar-refractivity contribution in [1.29, 1.82) is 0 Å². The second-order valence-electron chi connectivity index (χ2n) is 4.15. The first-order valence-corrected chi connectivity index (χ1v) is 4.13. The van der Waals surface area contributed by atoms with Crippen LogP contribution in [0.3, 0.4) is 0 Å². The number of aldehydes is 1. The molecule has 0 aromatic carbocycles. The molecule has 0 N–H and O–H groups in total. The van der Waals surface area contributed by atoms with Crippen molar-refractivity contribution in [3.05, 3.63) is 12.2 Å². The first-order valence-electron chi connectivity index (χ1n) is 4.13. The average molecular weight is 152 g/mol. The van der Waals surface area contributed by atoms with E-state index in [9.17, 15) is 4.79 Å². The molecule has 1 fully saturated rings. The monoisotopic (exact) mass is 152 g/mol. The lowest BCUT2D eigenvalue weighted by Crippen LogP contribution is -2.24. The van der Waals surface area contributed by atoms with Gasteiger partial charge in [-0.05, 0) is 17.8 Å². The van der Waals surface area contributed by atoms with Gasteiger partial charge in [-0.2, -0.15) is 0 Å². The lowest BCUT2D eigenvalue weighted by Gasteiger charge is -2.27. The molecule has 11 heavy (non-hydrogen) atoms. The molecule has 1 aliphatic carbocycles. The van der Waals surface area contributed by atoms with E-state index in [2.05, 4.69) is 27.4 Å². The summed E-state index contributed by atoms with van der Waals surface area (Å²) >= 11 is 0. The minimum atomic E-state index is 0.124. The smallest absolute Gasteiger partial charge is 0.123 e. The fraction of sp³-hybridized carbons (Fsp3) is 0.700. The zero-order valence-electron chi connectivity index (χ0n) is 7.55. The summed E-state index contributed by atoms with van der Waals surface area (Å²) in [7, 11) is 0. The van der Waals surface area contributed by atoms with Gasteiger partial charge in [-0.25, -0.2) is 0 Å². The quantitative estimate of drug-likeness (QED) is 0.416. The molecule has 0 bridgehead atoms. The van der Waals surface area contributed by atoms with Gasteiger partial charge in [0.25, 0.3) is 0 Å². The maximum Gasteiger partial charge on any atom is 0.123 e. The molecule has 0 aromatic rings. The van der Waals surface area contributed by atoms with Gasteiger partial charge >= 0.3 is 0 Å². The maximum atomic E-state index is 10.7. The first kappa shape index (κ1) is 8.51. The fourth-order valence-electron chi connectivity index (χ4n) is 1.79. The molecule has 0 radical (unpaired) electrons. The molecule has 1 saturated carbocycles. The van der Waals surface area contributed by atoms with Crippen molar-refractivity contribution >= 4 is 6.29 Å². The average Bonchev–Trinajstić information content (AvgIpc) is 2.13. The summed E-state index contributed by atoms with van der Waals surface area (Å²) in [5, 5.41) is 0. The summed E-state index contributed by atoms with van der Waals surface area (Å²) in [6, 6.07) is 0. The Hall–Kier alpha value is -0.590. The van der Waals surface area contributed by atoms with Gasteiger partial charge in [-0.15, -0.1) is 0 Å². The number of hydrogen-bond donors (Lipinski definition) is 0. The zero-order valence-corrected chi connectivity index (χ0v) is 7.55.